The van der Waals surface area contributed by atoms with Gasteiger partial charge in [-0.05, 0) is 29.8 Å². The SMILES string of the molecule is Fc1cccc(COc2ccccc2C#CCCl)c1. The second-order valence-electron chi connectivity index (χ2n) is 3.85. The molecule has 0 unspecified atom stereocenters. The van der Waals surface area contributed by atoms with Crippen molar-refractivity contribution in [1.29, 1.82) is 0 Å². The fraction of sp³-hybridized carbons (Fsp3) is 0.125. The zero-order valence-corrected chi connectivity index (χ0v) is 11.0. The Balaban J connectivity index is 2.11. The van der Waals surface area contributed by atoms with Crippen LogP contribution in [0.4, 0.5) is 4.39 Å². The number of rotatable bonds is 3. The molecule has 3 heteroatoms. The summed E-state index contributed by atoms with van der Waals surface area (Å²) in [4.78, 5) is 0. The summed E-state index contributed by atoms with van der Waals surface area (Å²) in [6.07, 6.45) is 0. The number of alkyl halides is 1. The van der Waals surface area contributed by atoms with Crippen molar-refractivity contribution in [3.63, 3.8) is 0 Å². The van der Waals surface area contributed by atoms with Crippen molar-refractivity contribution >= 4 is 11.6 Å². The molecule has 0 atom stereocenters. The van der Waals surface area contributed by atoms with Crippen LogP contribution in [0.2, 0.25) is 0 Å². The number of halogens is 2. The summed E-state index contributed by atoms with van der Waals surface area (Å²) >= 11 is 5.54. The highest BCUT2D eigenvalue weighted by molar-refractivity contribution is 6.19. The molecule has 0 saturated heterocycles. The molecule has 0 N–H and O–H groups in total. The first-order chi connectivity index (χ1) is 9.29. The first-order valence-electron chi connectivity index (χ1n) is 5.80. The third-order valence-corrected chi connectivity index (χ3v) is 2.59. The lowest BCUT2D eigenvalue weighted by molar-refractivity contribution is 0.305. The second-order valence-corrected chi connectivity index (χ2v) is 4.12. The van der Waals surface area contributed by atoms with Crippen LogP contribution in [-0.4, -0.2) is 5.88 Å². The van der Waals surface area contributed by atoms with Crippen molar-refractivity contribution in [2.45, 2.75) is 6.61 Å². The molecule has 0 amide bonds. The summed E-state index contributed by atoms with van der Waals surface area (Å²) < 4.78 is 18.7. The summed E-state index contributed by atoms with van der Waals surface area (Å²) in [6, 6.07) is 13.8. The Morgan fingerprint density at radius 2 is 1.95 bits per heavy atom. The average molecular weight is 275 g/mol. The van der Waals surface area contributed by atoms with Crippen LogP contribution in [0.3, 0.4) is 0 Å². The lowest BCUT2D eigenvalue weighted by Gasteiger charge is -2.08. The quantitative estimate of drug-likeness (QED) is 0.607. The Bertz CT molecular complexity index is 613. The molecule has 0 bridgehead atoms. The van der Waals surface area contributed by atoms with Crippen molar-refractivity contribution in [2.75, 3.05) is 5.88 Å². The number of benzene rings is 2. The lowest BCUT2D eigenvalue weighted by Crippen LogP contribution is -1.97. The van der Waals surface area contributed by atoms with Crippen LogP contribution < -0.4 is 4.74 Å². The first kappa shape index (κ1) is 13.5. The van der Waals surface area contributed by atoms with E-state index >= 15 is 0 Å². The number of hydrogen-bond acceptors (Lipinski definition) is 1. The van der Waals surface area contributed by atoms with Gasteiger partial charge in [0.15, 0.2) is 0 Å². The molecule has 2 aromatic carbocycles. The molecule has 0 spiro atoms. The van der Waals surface area contributed by atoms with Crippen molar-refractivity contribution in [1.82, 2.24) is 0 Å². The zero-order valence-electron chi connectivity index (χ0n) is 10.2. The second kappa shape index (κ2) is 6.82. The molecule has 0 aliphatic carbocycles. The molecule has 2 rings (SSSR count). The minimum absolute atomic E-state index is 0.267. The maximum atomic E-state index is 13.0. The maximum Gasteiger partial charge on any atom is 0.135 e. The van der Waals surface area contributed by atoms with Gasteiger partial charge in [-0.3, -0.25) is 0 Å². The fourth-order valence-electron chi connectivity index (χ4n) is 1.61. The molecule has 2 aromatic rings. The normalized spacial score (nSPS) is 9.58. The van der Waals surface area contributed by atoms with E-state index in [0.29, 0.717) is 12.4 Å². The first-order valence-corrected chi connectivity index (χ1v) is 6.34. The van der Waals surface area contributed by atoms with Crippen molar-refractivity contribution < 1.29 is 9.13 Å². The van der Waals surface area contributed by atoms with Crippen LogP contribution in [0.5, 0.6) is 5.75 Å². The minimum Gasteiger partial charge on any atom is -0.488 e. The molecule has 19 heavy (non-hydrogen) atoms. The Kier molecular flexibility index (Phi) is 4.83. The molecule has 0 fully saturated rings. The molecule has 0 heterocycles. The maximum absolute atomic E-state index is 13.0. The monoisotopic (exact) mass is 274 g/mol. The van der Waals surface area contributed by atoms with Crippen LogP contribution in [0.1, 0.15) is 11.1 Å². The molecule has 0 aliphatic heterocycles. The molecule has 96 valence electrons. The third-order valence-electron chi connectivity index (χ3n) is 2.46. The van der Waals surface area contributed by atoms with Crippen LogP contribution in [0.15, 0.2) is 48.5 Å². The van der Waals surface area contributed by atoms with Gasteiger partial charge in [0.2, 0.25) is 0 Å². The van der Waals surface area contributed by atoms with Crippen LogP contribution in [-0.2, 0) is 6.61 Å². The molecule has 1 nitrogen and oxygen atoms in total. The molecular weight excluding hydrogens is 263 g/mol. The average Bonchev–Trinajstić information content (AvgIpc) is 2.44. The Labute approximate surface area is 117 Å². The van der Waals surface area contributed by atoms with E-state index in [2.05, 4.69) is 11.8 Å². The molecule has 0 aliphatic rings. The van der Waals surface area contributed by atoms with Gasteiger partial charge in [0.1, 0.15) is 18.2 Å². The molecule has 0 aromatic heterocycles. The summed E-state index contributed by atoms with van der Waals surface area (Å²) in [5.74, 6) is 6.40. The highest BCUT2D eigenvalue weighted by Crippen LogP contribution is 2.18. The van der Waals surface area contributed by atoms with E-state index in [4.69, 9.17) is 16.3 Å². The van der Waals surface area contributed by atoms with Crippen molar-refractivity contribution in [3.05, 3.63) is 65.5 Å². The van der Waals surface area contributed by atoms with Gasteiger partial charge < -0.3 is 4.74 Å². The van der Waals surface area contributed by atoms with Crippen molar-refractivity contribution in [2.24, 2.45) is 0 Å². The van der Waals surface area contributed by atoms with E-state index < -0.39 is 0 Å². The molecule has 0 saturated carbocycles. The summed E-state index contributed by atoms with van der Waals surface area (Å²) in [7, 11) is 0. The summed E-state index contributed by atoms with van der Waals surface area (Å²) in [5.41, 5.74) is 1.56. The third kappa shape index (κ3) is 4.01. The van der Waals surface area contributed by atoms with Crippen LogP contribution >= 0.6 is 11.6 Å². The van der Waals surface area contributed by atoms with E-state index in [9.17, 15) is 4.39 Å². The minimum atomic E-state index is -0.267. The summed E-state index contributed by atoms with van der Waals surface area (Å²) in [6.45, 7) is 0.303. The van der Waals surface area contributed by atoms with Gasteiger partial charge in [-0.1, -0.05) is 36.1 Å². The van der Waals surface area contributed by atoms with E-state index in [1.54, 1.807) is 6.07 Å². The number of hydrogen-bond donors (Lipinski definition) is 0. The highest BCUT2D eigenvalue weighted by Gasteiger charge is 2.01. The van der Waals surface area contributed by atoms with E-state index in [-0.39, 0.29) is 11.7 Å². The Morgan fingerprint density at radius 1 is 1.11 bits per heavy atom. The summed E-state index contributed by atoms with van der Waals surface area (Å²) in [5, 5.41) is 0. The van der Waals surface area contributed by atoms with Crippen LogP contribution in [0.25, 0.3) is 0 Å². The van der Waals surface area contributed by atoms with Crippen LogP contribution in [0, 0.1) is 17.7 Å². The predicted molar refractivity (Wildman–Crippen MR) is 74.8 cm³/mol. The molecular formula is C16H12ClFO. The predicted octanol–water partition coefficient (Wildman–Crippen LogP) is 4.00. The van der Waals surface area contributed by atoms with Gasteiger partial charge in [-0.15, -0.1) is 11.6 Å². The van der Waals surface area contributed by atoms with E-state index in [0.717, 1.165) is 11.1 Å². The van der Waals surface area contributed by atoms with Gasteiger partial charge >= 0.3 is 0 Å². The largest absolute Gasteiger partial charge is 0.488 e. The smallest absolute Gasteiger partial charge is 0.135 e. The van der Waals surface area contributed by atoms with E-state index in [1.807, 2.05) is 30.3 Å². The number of para-hydroxylation sites is 1. The fourth-order valence-corrected chi connectivity index (χ4v) is 1.68. The Morgan fingerprint density at radius 3 is 2.74 bits per heavy atom. The standard InChI is InChI=1S/C16H12ClFO/c17-10-4-7-14-6-1-2-9-16(14)19-12-13-5-3-8-15(18)11-13/h1-3,5-6,8-9,11H,10,12H2. The highest BCUT2D eigenvalue weighted by atomic mass is 35.5. The van der Waals surface area contributed by atoms with Crippen molar-refractivity contribution in [3.8, 4) is 17.6 Å². The van der Waals surface area contributed by atoms with Gasteiger partial charge in [-0.2, -0.15) is 0 Å². The number of ether oxygens (including phenoxy) is 1. The topological polar surface area (TPSA) is 9.23 Å². The van der Waals surface area contributed by atoms with Gasteiger partial charge in [-0.25, -0.2) is 4.39 Å². The van der Waals surface area contributed by atoms with Gasteiger partial charge in [0, 0.05) is 0 Å². The molecule has 0 radical (unpaired) electrons. The Hall–Kier alpha value is -1.98. The van der Waals surface area contributed by atoms with Gasteiger partial charge in [0.25, 0.3) is 0 Å². The van der Waals surface area contributed by atoms with E-state index in [1.165, 1.54) is 12.1 Å². The zero-order chi connectivity index (χ0) is 13.5. The van der Waals surface area contributed by atoms with Gasteiger partial charge in [0.05, 0.1) is 11.4 Å². The lowest BCUT2D eigenvalue weighted by atomic mass is 10.2.